The van der Waals surface area contributed by atoms with Crippen molar-refractivity contribution in [1.29, 1.82) is 0 Å². The Labute approximate surface area is 433 Å². The summed E-state index contributed by atoms with van der Waals surface area (Å²) >= 11 is 0. The third-order valence-electron chi connectivity index (χ3n) is 14.4. The Bertz CT molecular complexity index is 4030. The molecule has 1 heterocycles. The first kappa shape index (κ1) is 44.2. The van der Waals surface area contributed by atoms with E-state index in [1.165, 1.54) is 83.0 Å². The number of anilines is 3. The van der Waals surface area contributed by atoms with Gasteiger partial charge in [0, 0.05) is 33.4 Å². The van der Waals surface area contributed by atoms with Gasteiger partial charge in [-0.1, -0.05) is 224 Å². The van der Waals surface area contributed by atoms with Crippen molar-refractivity contribution < 1.29 is 0 Å². The zero-order valence-electron chi connectivity index (χ0n) is 40.8. The lowest BCUT2D eigenvalue weighted by atomic mass is 9.93. The molecular weight excluding hydrogens is 893 g/mol. The first-order valence-electron chi connectivity index (χ1n) is 25.4. The van der Waals surface area contributed by atoms with E-state index in [0.29, 0.717) is 0 Å². The van der Waals surface area contributed by atoms with Crippen molar-refractivity contribution in [3.63, 3.8) is 0 Å². The summed E-state index contributed by atoms with van der Waals surface area (Å²) in [5.74, 6) is 0. The molecule has 348 valence electrons. The van der Waals surface area contributed by atoms with E-state index in [1.807, 2.05) is 0 Å². The second-order valence-electron chi connectivity index (χ2n) is 18.9. The van der Waals surface area contributed by atoms with Crippen LogP contribution in [0.3, 0.4) is 0 Å². The Morgan fingerprint density at radius 3 is 1.20 bits per heavy atom. The molecule has 13 rings (SSSR count). The van der Waals surface area contributed by atoms with Crippen LogP contribution in [0, 0.1) is 0 Å². The molecule has 74 heavy (non-hydrogen) atoms. The van der Waals surface area contributed by atoms with Gasteiger partial charge in [-0.05, 0) is 151 Å². The van der Waals surface area contributed by atoms with E-state index in [-0.39, 0.29) is 0 Å². The van der Waals surface area contributed by atoms with E-state index < -0.39 is 0 Å². The van der Waals surface area contributed by atoms with Crippen molar-refractivity contribution in [3.8, 4) is 83.6 Å². The summed E-state index contributed by atoms with van der Waals surface area (Å²) in [6, 6.07) is 110. The molecule has 0 saturated carbocycles. The van der Waals surface area contributed by atoms with Crippen molar-refractivity contribution in [2.24, 2.45) is 0 Å². The predicted octanol–water partition coefficient (Wildman–Crippen LogP) is 19.9. The highest BCUT2D eigenvalue weighted by molar-refractivity contribution is 6.16. The second-order valence-corrected chi connectivity index (χ2v) is 18.9. The number of fused-ring (bicyclic) bond motifs is 3. The van der Waals surface area contributed by atoms with E-state index in [1.54, 1.807) is 0 Å². The predicted molar refractivity (Wildman–Crippen MR) is 314 cm³/mol. The fourth-order valence-electron chi connectivity index (χ4n) is 10.9. The van der Waals surface area contributed by atoms with Crippen LogP contribution in [0.4, 0.5) is 17.1 Å². The van der Waals surface area contributed by atoms with Gasteiger partial charge in [0.25, 0.3) is 0 Å². The molecular formula is C72H50N2. The van der Waals surface area contributed by atoms with Gasteiger partial charge in [0.2, 0.25) is 0 Å². The molecule has 0 fully saturated rings. The van der Waals surface area contributed by atoms with Gasteiger partial charge in [-0.2, -0.15) is 0 Å². The van der Waals surface area contributed by atoms with Crippen LogP contribution in [-0.4, -0.2) is 4.57 Å². The third-order valence-corrected chi connectivity index (χ3v) is 14.4. The highest BCUT2D eigenvalue weighted by Gasteiger charge is 2.21. The normalized spacial score (nSPS) is 11.2. The maximum Gasteiger partial charge on any atom is 0.0547 e. The summed E-state index contributed by atoms with van der Waals surface area (Å²) in [6.45, 7) is 0. The van der Waals surface area contributed by atoms with Gasteiger partial charge in [-0.3, -0.25) is 0 Å². The van der Waals surface area contributed by atoms with Gasteiger partial charge in [-0.25, -0.2) is 0 Å². The Hall–Kier alpha value is -9.76. The number of para-hydroxylation sites is 3. The first-order chi connectivity index (χ1) is 36.7. The molecule has 0 atom stereocenters. The van der Waals surface area contributed by atoms with E-state index in [2.05, 4.69) is 313 Å². The van der Waals surface area contributed by atoms with Crippen LogP contribution in [-0.2, 0) is 0 Å². The smallest absolute Gasteiger partial charge is 0.0547 e. The van der Waals surface area contributed by atoms with Gasteiger partial charge in [0.05, 0.1) is 16.7 Å². The van der Waals surface area contributed by atoms with Crippen LogP contribution in [0.25, 0.3) is 105 Å². The molecule has 0 unspecified atom stereocenters. The van der Waals surface area contributed by atoms with Crippen molar-refractivity contribution >= 4 is 38.9 Å². The lowest BCUT2D eigenvalue weighted by Crippen LogP contribution is -2.11. The molecule has 0 aliphatic rings. The minimum atomic E-state index is 1.07. The number of nitrogens with zero attached hydrogens (tertiary/aromatic N) is 2. The van der Waals surface area contributed by atoms with Crippen LogP contribution >= 0.6 is 0 Å². The maximum absolute atomic E-state index is 2.42. The molecule has 0 radical (unpaired) electrons. The highest BCUT2D eigenvalue weighted by Crippen LogP contribution is 2.45. The van der Waals surface area contributed by atoms with Gasteiger partial charge in [0.15, 0.2) is 0 Å². The number of benzene rings is 12. The number of rotatable bonds is 11. The third kappa shape index (κ3) is 8.35. The van der Waals surface area contributed by atoms with Crippen LogP contribution < -0.4 is 4.90 Å². The molecule has 0 N–H and O–H groups in total. The Kier molecular flexibility index (Phi) is 11.6. The standard InChI is InChI=1S/C72H50N2/c1-5-21-51(22-6-1)58-48-59(52-23-7-2-8-24-52)50-60(49-58)53-39-43-62(44-40-53)73(63-45-41-55(42-46-63)65-32-14-13-31-64(65)54-25-9-3-10-26-54)69-36-17-15-33-66(69)56-27-19-28-57(47-56)67-35-20-38-71-72(67)68-34-16-18-37-70(68)74(71)61-29-11-4-12-30-61/h1-50H. The van der Waals surface area contributed by atoms with E-state index in [4.69, 9.17) is 0 Å². The molecule has 0 amide bonds. The van der Waals surface area contributed by atoms with Gasteiger partial charge in [0.1, 0.15) is 0 Å². The molecule has 0 aliphatic carbocycles. The maximum atomic E-state index is 2.42. The summed E-state index contributed by atoms with van der Waals surface area (Å²) in [5.41, 5.74) is 23.3. The SMILES string of the molecule is c1ccc(-c2cc(-c3ccccc3)cc(-c3ccc(N(c4ccc(-c5ccccc5-c5ccccc5)cc4)c4ccccc4-c4cccc(-c5cccc6c5c5ccccc5n6-c5ccccc5)c4)cc3)c2)cc1. The molecule has 13 aromatic rings. The fraction of sp³-hybridized carbons (Fsp3) is 0. The van der Waals surface area contributed by atoms with E-state index >= 15 is 0 Å². The quantitative estimate of drug-likeness (QED) is 0.125. The zero-order chi connectivity index (χ0) is 49.2. The summed E-state index contributed by atoms with van der Waals surface area (Å²) in [7, 11) is 0. The van der Waals surface area contributed by atoms with E-state index in [0.717, 1.165) is 39.4 Å². The van der Waals surface area contributed by atoms with Crippen LogP contribution in [0.1, 0.15) is 0 Å². The molecule has 12 aromatic carbocycles. The van der Waals surface area contributed by atoms with Crippen molar-refractivity contribution in [1.82, 2.24) is 4.57 Å². The van der Waals surface area contributed by atoms with Crippen LogP contribution in [0.2, 0.25) is 0 Å². The molecule has 1 aromatic heterocycles. The minimum Gasteiger partial charge on any atom is -0.310 e. The summed E-state index contributed by atoms with van der Waals surface area (Å²) in [6.07, 6.45) is 0. The summed E-state index contributed by atoms with van der Waals surface area (Å²) in [4.78, 5) is 2.42. The Morgan fingerprint density at radius 2 is 0.608 bits per heavy atom. The molecule has 0 aliphatic heterocycles. The Morgan fingerprint density at radius 1 is 0.230 bits per heavy atom. The average Bonchev–Trinajstić information content (AvgIpc) is 3.84. The molecule has 2 heteroatoms. The molecule has 0 spiro atoms. The lowest BCUT2D eigenvalue weighted by molar-refractivity contribution is 1.18. The van der Waals surface area contributed by atoms with Crippen LogP contribution in [0.5, 0.6) is 0 Å². The summed E-state index contributed by atoms with van der Waals surface area (Å²) in [5, 5.41) is 2.48. The number of hydrogen-bond acceptors (Lipinski definition) is 1. The largest absolute Gasteiger partial charge is 0.310 e. The van der Waals surface area contributed by atoms with Gasteiger partial charge >= 0.3 is 0 Å². The molecule has 2 nitrogen and oxygen atoms in total. The van der Waals surface area contributed by atoms with Gasteiger partial charge < -0.3 is 9.47 Å². The monoisotopic (exact) mass is 942 g/mol. The number of aromatic nitrogens is 1. The summed E-state index contributed by atoms with van der Waals surface area (Å²) < 4.78 is 2.39. The number of hydrogen-bond donors (Lipinski definition) is 0. The minimum absolute atomic E-state index is 1.07. The first-order valence-corrected chi connectivity index (χ1v) is 25.4. The molecule has 0 saturated heterocycles. The lowest BCUT2D eigenvalue weighted by Gasteiger charge is -2.28. The van der Waals surface area contributed by atoms with Crippen molar-refractivity contribution in [2.45, 2.75) is 0 Å². The topological polar surface area (TPSA) is 8.17 Å². The van der Waals surface area contributed by atoms with Crippen molar-refractivity contribution in [3.05, 3.63) is 303 Å². The Balaban J connectivity index is 0.942. The zero-order valence-corrected chi connectivity index (χ0v) is 40.8. The van der Waals surface area contributed by atoms with Crippen molar-refractivity contribution in [2.75, 3.05) is 4.90 Å². The molecule has 0 bridgehead atoms. The second kappa shape index (κ2) is 19.4. The van der Waals surface area contributed by atoms with Gasteiger partial charge in [-0.15, -0.1) is 0 Å². The average molecular weight is 943 g/mol. The fourth-order valence-corrected chi connectivity index (χ4v) is 10.9. The van der Waals surface area contributed by atoms with Crippen LogP contribution in [0.15, 0.2) is 303 Å². The highest BCUT2D eigenvalue weighted by atomic mass is 15.1. The van der Waals surface area contributed by atoms with E-state index in [9.17, 15) is 0 Å².